The first-order chi connectivity index (χ1) is 14.2. The van der Waals surface area contributed by atoms with Crippen LogP contribution in [0.25, 0.3) is 11.2 Å². The molecule has 31 heavy (non-hydrogen) atoms. The van der Waals surface area contributed by atoms with Crippen LogP contribution in [-0.2, 0) is 31.6 Å². The van der Waals surface area contributed by atoms with Gasteiger partial charge in [-0.25, -0.2) is 18.7 Å². The van der Waals surface area contributed by atoms with E-state index in [0.29, 0.717) is 0 Å². The highest BCUT2D eigenvalue weighted by molar-refractivity contribution is 7.66. The number of halogens is 1. The number of fused-ring (bicyclic) bond motifs is 1. The Balaban J connectivity index is 1.66. The monoisotopic (exact) mass is 525 g/mol. The average Bonchev–Trinajstić information content (AvgIpc) is 3.12. The molecule has 0 aromatic carbocycles. The van der Waals surface area contributed by atoms with Crippen molar-refractivity contribution in [2.24, 2.45) is 0 Å². The minimum Gasteiger partial charge on any atom is -0.388 e. The second-order valence-electron chi connectivity index (χ2n) is 6.04. The normalized spacial score (nSPS) is 26.1. The molecule has 3 rings (SSSR count). The lowest BCUT2D eigenvalue weighted by Crippen LogP contribution is -2.19. The maximum Gasteiger partial charge on any atom is 0.490 e. The summed E-state index contributed by atoms with van der Waals surface area (Å²) >= 11 is 5.93. The number of hydrogen-bond donors (Lipinski definition) is 6. The molecular weight excluding hydrogens is 511 g/mol. The Morgan fingerprint density at radius 1 is 1.19 bits per heavy atom. The van der Waals surface area contributed by atoms with E-state index in [1.807, 2.05) is 0 Å². The summed E-state index contributed by atoms with van der Waals surface area (Å²) in [5.74, 6) is -0.157. The molecule has 0 spiro atoms. The van der Waals surface area contributed by atoms with Crippen molar-refractivity contribution in [1.82, 2.24) is 19.5 Å². The number of ether oxygens (including phenoxy) is 1. The minimum absolute atomic E-state index is 0.0297. The summed E-state index contributed by atoms with van der Waals surface area (Å²) in [4.78, 5) is 47.3. The van der Waals surface area contributed by atoms with E-state index >= 15 is 0 Å². The lowest BCUT2D eigenvalue weighted by atomic mass is 10.2. The van der Waals surface area contributed by atoms with Gasteiger partial charge in [0.25, 0.3) is 0 Å². The number of nitrogens with two attached hydrogens (primary N) is 1. The van der Waals surface area contributed by atoms with E-state index in [1.165, 1.54) is 10.9 Å². The summed E-state index contributed by atoms with van der Waals surface area (Å²) in [7, 11) is -16.5. The standard InChI is InChI=1S/C10H15ClN5O12P3/c11-7-6-8(15-10(12)14-7)16(3-13-6)9-5(17)1-4(26-9)2-25-30(21,22)28-31(23,24)27-29(18,19)20/h3-5,9,17H,1-2H2,(H,21,22)(H,23,24)(H2,12,14,15)(H2,18,19,20)/t4-,5+,9+/m0/s1. The minimum atomic E-state index is -5.64. The van der Waals surface area contributed by atoms with Gasteiger partial charge in [0.15, 0.2) is 17.0 Å². The number of rotatable bonds is 8. The predicted octanol–water partition coefficient (Wildman–Crippen LogP) is 0.0536. The van der Waals surface area contributed by atoms with Gasteiger partial charge in [0, 0.05) is 6.42 Å². The number of aromatic nitrogens is 4. The molecule has 0 bridgehead atoms. The van der Waals surface area contributed by atoms with E-state index in [4.69, 9.17) is 36.8 Å². The predicted molar refractivity (Wildman–Crippen MR) is 99.1 cm³/mol. The Labute approximate surface area is 177 Å². The van der Waals surface area contributed by atoms with Crippen molar-refractivity contribution in [3.8, 4) is 0 Å². The van der Waals surface area contributed by atoms with Crippen molar-refractivity contribution in [1.29, 1.82) is 0 Å². The maximum absolute atomic E-state index is 11.8. The van der Waals surface area contributed by atoms with Gasteiger partial charge in [-0.2, -0.15) is 18.6 Å². The summed E-state index contributed by atoms with van der Waals surface area (Å²) in [6.07, 6.45) is -2.12. The first-order valence-electron chi connectivity index (χ1n) is 7.93. The van der Waals surface area contributed by atoms with Gasteiger partial charge in [-0.05, 0) is 0 Å². The number of phosphoric acid groups is 3. The fourth-order valence-electron chi connectivity index (χ4n) is 2.65. The van der Waals surface area contributed by atoms with Gasteiger partial charge in [0.05, 0.1) is 19.0 Å². The van der Waals surface area contributed by atoms with E-state index < -0.39 is 48.5 Å². The third kappa shape index (κ3) is 6.27. The van der Waals surface area contributed by atoms with Gasteiger partial charge in [0.1, 0.15) is 11.6 Å². The van der Waals surface area contributed by atoms with E-state index in [0.717, 1.165) is 0 Å². The van der Waals surface area contributed by atoms with Crippen LogP contribution in [0.15, 0.2) is 6.33 Å². The molecule has 2 aromatic rings. The van der Waals surface area contributed by atoms with Gasteiger partial charge >= 0.3 is 23.5 Å². The second-order valence-corrected chi connectivity index (χ2v) is 10.8. The molecule has 5 atom stereocenters. The summed E-state index contributed by atoms with van der Waals surface area (Å²) in [5.41, 5.74) is 5.88. The molecule has 0 amide bonds. The number of phosphoric ester groups is 1. The SMILES string of the molecule is Nc1nc(Cl)c2ncn([C@@H]3O[C@H](COP(=O)(O)OP(=O)(O)OP(=O)(O)O)C[C@H]3O)c2n1. The largest absolute Gasteiger partial charge is 0.490 e. The Morgan fingerprint density at radius 2 is 1.87 bits per heavy atom. The molecular formula is C10H15ClN5O12P3. The highest BCUT2D eigenvalue weighted by Crippen LogP contribution is 2.66. The fourth-order valence-corrected chi connectivity index (χ4v) is 5.92. The third-order valence-electron chi connectivity index (χ3n) is 3.68. The van der Waals surface area contributed by atoms with Crippen LogP contribution in [0.2, 0.25) is 5.15 Å². The molecule has 2 unspecified atom stereocenters. The zero-order chi connectivity index (χ0) is 23.2. The van der Waals surface area contributed by atoms with Crippen LogP contribution < -0.4 is 5.73 Å². The fraction of sp³-hybridized carbons (Fsp3) is 0.500. The van der Waals surface area contributed by atoms with Gasteiger partial charge in [-0.1, -0.05) is 11.6 Å². The molecule has 0 saturated carbocycles. The first kappa shape index (κ1) is 24.6. The van der Waals surface area contributed by atoms with E-state index in [1.54, 1.807) is 0 Å². The van der Waals surface area contributed by atoms with E-state index in [2.05, 4.69) is 28.1 Å². The van der Waals surface area contributed by atoms with Crippen molar-refractivity contribution < 1.29 is 56.3 Å². The molecule has 0 aliphatic carbocycles. The van der Waals surface area contributed by atoms with E-state index in [9.17, 15) is 23.7 Å². The molecule has 2 aromatic heterocycles. The molecule has 7 N–H and O–H groups in total. The molecule has 1 aliphatic heterocycles. The Bertz CT molecular complexity index is 1120. The van der Waals surface area contributed by atoms with Crippen LogP contribution in [0.1, 0.15) is 12.6 Å². The summed E-state index contributed by atoms with van der Waals surface area (Å²) in [6, 6.07) is 0. The quantitative estimate of drug-likeness (QED) is 0.196. The van der Waals surface area contributed by atoms with Crippen LogP contribution in [0.4, 0.5) is 5.95 Å². The van der Waals surface area contributed by atoms with Crippen molar-refractivity contribution >= 4 is 52.2 Å². The maximum atomic E-state index is 11.8. The molecule has 1 fully saturated rings. The number of hydrogen-bond acceptors (Lipinski definition) is 12. The molecule has 1 aliphatic rings. The number of aliphatic hydroxyl groups is 1. The molecule has 21 heteroatoms. The molecule has 17 nitrogen and oxygen atoms in total. The van der Waals surface area contributed by atoms with Crippen molar-refractivity contribution in [3.63, 3.8) is 0 Å². The number of anilines is 1. The van der Waals surface area contributed by atoms with Gasteiger partial charge < -0.3 is 35.2 Å². The zero-order valence-electron chi connectivity index (χ0n) is 14.9. The Kier molecular flexibility index (Phi) is 6.93. The average molecular weight is 526 g/mol. The van der Waals surface area contributed by atoms with Crippen LogP contribution in [-0.4, -0.2) is 63.0 Å². The smallest absolute Gasteiger partial charge is 0.388 e. The highest BCUT2D eigenvalue weighted by Gasteiger charge is 2.42. The Morgan fingerprint density at radius 3 is 2.52 bits per heavy atom. The lowest BCUT2D eigenvalue weighted by molar-refractivity contribution is -0.0481. The van der Waals surface area contributed by atoms with Crippen LogP contribution in [0.5, 0.6) is 0 Å². The topological polar surface area (TPSA) is 259 Å². The van der Waals surface area contributed by atoms with Crippen molar-refractivity contribution in [3.05, 3.63) is 11.5 Å². The van der Waals surface area contributed by atoms with Crippen LogP contribution in [0, 0.1) is 0 Å². The van der Waals surface area contributed by atoms with E-state index in [-0.39, 0.29) is 28.7 Å². The molecule has 3 heterocycles. The van der Waals surface area contributed by atoms with Gasteiger partial charge in [0.2, 0.25) is 5.95 Å². The molecule has 174 valence electrons. The van der Waals surface area contributed by atoms with Gasteiger partial charge in [-0.15, -0.1) is 0 Å². The van der Waals surface area contributed by atoms with Crippen molar-refractivity contribution in [2.75, 3.05) is 12.3 Å². The highest BCUT2D eigenvalue weighted by atomic mass is 35.5. The molecule has 0 radical (unpaired) electrons. The van der Waals surface area contributed by atoms with Gasteiger partial charge in [-0.3, -0.25) is 9.09 Å². The van der Waals surface area contributed by atoms with Crippen molar-refractivity contribution in [2.45, 2.75) is 24.9 Å². The summed E-state index contributed by atoms with van der Waals surface area (Å²) in [5, 5.41) is 10.3. The summed E-state index contributed by atoms with van der Waals surface area (Å²) < 4.78 is 52.3. The number of aliphatic hydroxyl groups excluding tert-OH is 1. The number of imidazole rings is 1. The Hall–Kier alpha value is -1.03. The number of nitrogen functional groups attached to an aromatic ring is 1. The second kappa shape index (κ2) is 8.72. The zero-order valence-corrected chi connectivity index (χ0v) is 18.3. The first-order valence-corrected chi connectivity index (χ1v) is 12.8. The summed E-state index contributed by atoms with van der Waals surface area (Å²) in [6.45, 7) is -0.720. The molecule has 1 saturated heterocycles. The third-order valence-corrected chi connectivity index (χ3v) is 7.74. The van der Waals surface area contributed by atoms with Crippen LogP contribution in [0.3, 0.4) is 0 Å². The lowest BCUT2D eigenvalue weighted by Gasteiger charge is -2.19. The number of nitrogens with zero attached hydrogens (tertiary/aromatic N) is 4. The van der Waals surface area contributed by atoms with Crippen LogP contribution >= 0.6 is 35.1 Å².